The number of halogens is 2. The van der Waals surface area contributed by atoms with Gasteiger partial charge in [-0.3, -0.25) is 4.90 Å². The molecule has 0 aliphatic carbocycles. The van der Waals surface area contributed by atoms with Crippen LogP contribution >= 0.6 is 0 Å². The number of allylic oxidation sites excluding steroid dienone is 1. The van der Waals surface area contributed by atoms with Gasteiger partial charge in [0.05, 0.1) is 17.3 Å². The molecule has 3 aromatic carbocycles. The van der Waals surface area contributed by atoms with Crippen LogP contribution in [0.3, 0.4) is 0 Å². The second-order valence-electron chi connectivity index (χ2n) is 8.70. The highest BCUT2D eigenvalue weighted by Gasteiger charge is 2.36. The van der Waals surface area contributed by atoms with E-state index in [-0.39, 0.29) is 11.6 Å². The number of aryl methyl sites for hydroxylation is 2. The lowest BCUT2D eigenvalue weighted by atomic mass is 9.93. The van der Waals surface area contributed by atoms with Gasteiger partial charge in [-0.15, -0.1) is 0 Å². The summed E-state index contributed by atoms with van der Waals surface area (Å²) in [6.45, 7) is 5.78. The summed E-state index contributed by atoms with van der Waals surface area (Å²) < 4.78 is 33.3. The van der Waals surface area contributed by atoms with Crippen LogP contribution < -0.4 is 10.2 Å². The lowest BCUT2D eigenvalue weighted by Crippen LogP contribution is -2.46. The average molecular weight is 487 g/mol. The maximum Gasteiger partial charge on any atom is 0.327 e. The first kappa shape index (κ1) is 23.4. The molecule has 6 nitrogen and oxygen atoms in total. The largest absolute Gasteiger partial charge is 0.334 e. The molecule has 2 heterocycles. The number of aromatic nitrogens is 2. The van der Waals surface area contributed by atoms with Crippen molar-refractivity contribution in [2.45, 2.75) is 33.2 Å². The molecule has 1 aliphatic heterocycles. The number of carbonyl (C=O) groups is 1. The van der Waals surface area contributed by atoms with Crippen molar-refractivity contribution in [3.63, 3.8) is 0 Å². The van der Waals surface area contributed by atoms with E-state index in [1.165, 1.54) is 11.0 Å². The van der Waals surface area contributed by atoms with Gasteiger partial charge in [0.2, 0.25) is 5.82 Å². The fourth-order valence-corrected chi connectivity index (χ4v) is 4.30. The first-order chi connectivity index (χ1) is 17.4. The van der Waals surface area contributed by atoms with Gasteiger partial charge < -0.3 is 9.84 Å². The van der Waals surface area contributed by atoms with Crippen LogP contribution in [-0.2, 0) is 6.42 Å². The van der Waals surface area contributed by atoms with E-state index in [0.717, 1.165) is 40.8 Å². The van der Waals surface area contributed by atoms with Crippen LogP contribution in [0.1, 0.15) is 42.5 Å². The quantitative estimate of drug-likeness (QED) is 0.346. The van der Waals surface area contributed by atoms with Crippen LogP contribution in [0.2, 0.25) is 0 Å². The number of urea groups is 1. The summed E-state index contributed by atoms with van der Waals surface area (Å²) in [5.41, 5.74) is 5.09. The van der Waals surface area contributed by atoms with E-state index in [4.69, 9.17) is 4.52 Å². The number of carbonyl (C=O) groups excluding carboxylic acids is 1. The Bertz CT molecular complexity index is 1460. The predicted molar refractivity (Wildman–Crippen MR) is 133 cm³/mol. The van der Waals surface area contributed by atoms with E-state index >= 15 is 0 Å². The van der Waals surface area contributed by atoms with Crippen LogP contribution in [0.15, 0.2) is 77.0 Å². The third kappa shape index (κ3) is 4.26. The van der Waals surface area contributed by atoms with E-state index in [1.807, 2.05) is 55.5 Å². The zero-order valence-electron chi connectivity index (χ0n) is 20.0. The van der Waals surface area contributed by atoms with Crippen molar-refractivity contribution in [3.05, 3.63) is 107 Å². The molecule has 0 fully saturated rings. The van der Waals surface area contributed by atoms with Gasteiger partial charge in [-0.1, -0.05) is 66.2 Å². The molecule has 1 aliphatic rings. The van der Waals surface area contributed by atoms with Crippen molar-refractivity contribution in [2.24, 2.45) is 0 Å². The number of nitrogens with one attached hydrogen (secondary N) is 1. The fourth-order valence-electron chi connectivity index (χ4n) is 4.30. The van der Waals surface area contributed by atoms with Crippen LogP contribution in [0.5, 0.6) is 0 Å². The molecule has 1 atom stereocenters. The standard InChI is InChI=1S/C28H24F2N4O2/c1-4-18-7-11-19(12-8-18)25-24(27-32-26(33-36-27)20-9-5-16(2)6-10-20)17(3)34(28(35)31-25)21-13-14-22(29)23(30)15-21/h5-15,25H,4H2,1-3H3,(H,31,35). The molecule has 36 heavy (non-hydrogen) atoms. The van der Waals surface area contributed by atoms with Crippen molar-refractivity contribution >= 4 is 17.3 Å². The Morgan fingerprint density at radius 1 is 0.972 bits per heavy atom. The molecule has 0 spiro atoms. The number of nitrogens with zero attached hydrogens (tertiary/aromatic N) is 3. The minimum absolute atomic E-state index is 0.180. The number of amides is 2. The lowest BCUT2D eigenvalue weighted by molar-refractivity contribution is 0.244. The van der Waals surface area contributed by atoms with Crippen molar-refractivity contribution in [2.75, 3.05) is 4.90 Å². The summed E-state index contributed by atoms with van der Waals surface area (Å²) in [5.74, 6) is -1.42. The third-order valence-corrected chi connectivity index (χ3v) is 6.33. The SMILES string of the molecule is CCc1ccc(C2NC(=O)N(c3ccc(F)c(F)c3)C(C)=C2c2nc(-c3ccc(C)cc3)no2)cc1. The zero-order valence-corrected chi connectivity index (χ0v) is 20.0. The highest BCUT2D eigenvalue weighted by molar-refractivity contribution is 6.01. The van der Waals surface area contributed by atoms with Crippen LogP contribution in [0.4, 0.5) is 19.3 Å². The van der Waals surface area contributed by atoms with E-state index in [0.29, 0.717) is 17.1 Å². The Hall–Kier alpha value is -4.33. The van der Waals surface area contributed by atoms with Crippen LogP contribution in [0.25, 0.3) is 17.0 Å². The second-order valence-corrected chi connectivity index (χ2v) is 8.70. The maximum atomic E-state index is 14.1. The maximum absolute atomic E-state index is 14.1. The third-order valence-electron chi connectivity index (χ3n) is 6.33. The van der Waals surface area contributed by atoms with Gasteiger partial charge in [-0.25, -0.2) is 13.6 Å². The second kappa shape index (κ2) is 9.37. The molecule has 0 radical (unpaired) electrons. The molecule has 182 valence electrons. The molecule has 8 heteroatoms. The van der Waals surface area contributed by atoms with Gasteiger partial charge in [0, 0.05) is 17.3 Å². The van der Waals surface area contributed by atoms with Gasteiger partial charge in [0.15, 0.2) is 11.6 Å². The van der Waals surface area contributed by atoms with Crippen molar-refractivity contribution in [1.29, 1.82) is 0 Å². The predicted octanol–water partition coefficient (Wildman–Crippen LogP) is 6.59. The molecule has 1 aromatic heterocycles. The highest BCUT2D eigenvalue weighted by atomic mass is 19.2. The van der Waals surface area contributed by atoms with Gasteiger partial charge in [-0.2, -0.15) is 4.98 Å². The normalized spacial score (nSPS) is 15.9. The monoisotopic (exact) mass is 486 g/mol. The number of rotatable bonds is 5. The molecule has 1 N–H and O–H groups in total. The molecule has 0 bridgehead atoms. The highest BCUT2D eigenvalue weighted by Crippen LogP contribution is 2.39. The minimum atomic E-state index is -1.05. The number of hydrogen-bond acceptors (Lipinski definition) is 4. The summed E-state index contributed by atoms with van der Waals surface area (Å²) in [6.07, 6.45) is 0.881. The van der Waals surface area contributed by atoms with E-state index in [2.05, 4.69) is 22.4 Å². The summed E-state index contributed by atoms with van der Waals surface area (Å²) in [4.78, 5) is 19.2. The molecular formula is C28H24F2N4O2. The Balaban J connectivity index is 1.65. The topological polar surface area (TPSA) is 71.3 Å². The number of hydrogen-bond donors (Lipinski definition) is 1. The number of anilines is 1. The van der Waals surface area contributed by atoms with Crippen LogP contribution in [0, 0.1) is 18.6 Å². The molecular weight excluding hydrogens is 462 g/mol. The summed E-state index contributed by atoms with van der Waals surface area (Å²) >= 11 is 0. The minimum Gasteiger partial charge on any atom is -0.334 e. The smallest absolute Gasteiger partial charge is 0.327 e. The number of benzene rings is 3. The lowest BCUT2D eigenvalue weighted by Gasteiger charge is -2.35. The first-order valence-corrected chi connectivity index (χ1v) is 11.6. The Morgan fingerprint density at radius 2 is 1.69 bits per heavy atom. The summed E-state index contributed by atoms with van der Waals surface area (Å²) in [6, 6.07) is 17.9. The first-order valence-electron chi connectivity index (χ1n) is 11.6. The summed E-state index contributed by atoms with van der Waals surface area (Å²) in [7, 11) is 0. The van der Waals surface area contributed by atoms with Crippen LogP contribution in [-0.4, -0.2) is 16.2 Å². The van der Waals surface area contributed by atoms with E-state index < -0.39 is 23.7 Å². The average Bonchev–Trinajstić information content (AvgIpc) is 3.36. The summed E-state index contributed by atoms with van der Waals surface area (Å²) in [5, 5.41) is 7.14. The molecule has 4 aromatic rings. The van der Waals surface area contributed by atoms with E-state index in [9.17, 15) is 13.6 Å². The van der Waals surface area contributed by atoms with Crippen molar-refractivity contribution in [1.82, 2.24) is 15.5 Å². The van der Waals surface area contributed by atoms with Gasteiger partial charge in [0.1, 0.15) is 0 Å². The molecule has 1 unspecified atom stereocenters. The van der Waals surface area contributed by atoms with Gasteiger partial charge in [0.25, 0.3) is 5.89 Å². The molecule has 5 rings (SSSR count). The van der Waals surface area contributed by atoms with E-state index in [1.54, 1.807) is 6.92 Å². The Morgan fingerprint density at radius 3 is 2.36 bits per heavy atom. The molecule has 2 amide bonds. The molecule has 0 saturated heterocycles. The zero-order chi connectivity index (χ0) is 25.4. The van der Waals surface area contributed by atoms with Crippen molar-refractivity contribution in [3.8, 4) is 11.4 Å². The van der Waals surface area contributed by atoms with Crippen molar-refractivity contribution < 1.29 is 18.1 Å². The molecule has 0 saturated carbocycles. The van der Waals surface area contributed by atoms with Gasteiger partial charge in [-0.05, 0) is 43.5 Å². The fraction of sp³-hybridized carbons (Fsp3) is 0.179. The Kier molecular flexibility index (Phi) is 6.10. The Labute approximate surface area is 207 Å². The van der Waals surface area contributed by atoms with Gasteiger partial charge >= 0.3 is 6.03 Å².